The molecule has 31 heavy (non-hydrogen) atoms. The van der Waals surface area contributed by atoms with Crippen LogP contribution in [0.15, 0.2) is 72.8 Å². The maximum absolute atomic E-state index is 13.0. The fourth-order valence-electron chi connectivity index (χ4n) is 2.77. The van der Waals surface area contributed by atoms with E-state index in [-0.39, 0.29) is 17.6 Å². The first-order valence-corrected chi connectivity index (χ1v) is 9.84. The molecule has 0 aliphatic carbocycles. The zero-order chi connectivity index (χ0) is 22.1. The lowest BCUT2D eigenvalue weighted by molar-refractivity contribution is 0.101. The molecule has 3 rings (SSSR count). The third-order valence-corrected chi connectivity index (χ3v) is 4.28. The summed E-state index contributed by atoms with van der Waals surface area (Å²) in [4.78, 5) is 25.1. The fraction of sp³-hybridized carbons (Fsp3) is 0.167. The van der Waals surface area contributed by atoms with Crippen molar-refractivity contribution in [2.45, 2.75) is 6.92 Å². The van der Waals surface area contributed by atoms with Gasteiger partial charge in [-0.2, -0.15) is 0 Å². The van der Waals surface area contributed by atoms with Crippen molar-refractivity contribution in [1.29, 1.82) is 0 Å². The van der Waals surface area contributed by atoms with E-state index in [0.29, 0.717) is 48.1 Å². The summed E-state index contributed by atoms with van der Waals surface area (Å²) in [6.07, 6.45) is 0. The number of rotatable bonds is 9. The van der Waals surface area contributed by atoms with Gasteiger partial charge >= 0.3 is 0 Å². The number of halogens is 1. The Morgan fingerprint density at radius 1 is 0.806 bits per heavy atom. The second kappa shape index (κ2) is 10.9. The van der Waals surface area contributed by atoms with E-state index in [1.54, 1.807) is 48.5 Å². The van der Waals surface area contributed by atoms with E-state index >= 15 is 0 Å². The van der Waals surface area contributed by atoms with Gasteiger partial charge in [0, 0.05) is 29.1 Å². The van der Waals surface area contributed by atoms with Crippen LogP contribution < -0.4 is 15.4 Å². The zero-order valence-electron chi connectivity index (χ0n) is 17.1. The van der Waals surface area contributed by atoms with Crippen molar-refractivity contribution >= 4 is 23.2 Å². The van der Waals surface area contributed by atoms with Crippen molar-refractivity contribution in [3.05, 3.63) is 89.7 Å². The lowest BCUT2D eigenvalue weighted by Crippen LogP contribution is -2.15. The SMILES string of the molecule is CCOCCOc1cccc(C(=O)Nc2cccc(C(=O)Nc3ccc(F)cc3)c2)c1. The molecule has 0 aliphatic heterocycles. The fourth-order valence-corrected chi connectivity index (χ4v) is 2.77. The van der Waals surface area contributed by atoms with Crippen molar-refractivity contribution in [3.63, 3.8) is 0 Å². The van der Waals surface area contributed by atoms with Crippen LogP contribution in [0.25, 0.3) is 0 Å². The minimum atomic E-state index is -0.383. The van der Waals surface area contributed by atoms with Gasteiger partial charge < -0.3 is 20.1 Å². The molecule has 7 heteroatoms. The summed E-state index contributed by atoms with van der Waals surface area (Å²) < 4.78 is 23.8. The van der Waals surface area contributed by atoms with Gasteiger partial charge in [-0.15, -0.1) is 0 Å². The minimum absolute atomic E-state index is 0.327. The summed E-state index contributed by atoms with van der Waals surface area (Å²) in [5, 5.41) is 5.47. The van der Waals surface area contributed by atoms with E-state index in [1.807, 2.05) is 6.92 Å². The van der Waals surface area contributed by atoms with Gasteiger partial charge in [-0.25, -0.2) is 4.39 Å². The molecule has 160 valence electrons. The number of anilines is 2. The van der Waals surface area contributed by atoms with E-state index in [0.717, 1.165) is 0 Å². The molecule has 3 aromatic rings. The first-order chi connectivity index (χ1) is 15.0. The van der Waals surface area contributed by atoms with E-state index in [1.165, 1.54) is 24.3 Å². The van der Waals surface area contributed by atoms with Gasteiger partial charge in [0.1, 0.15) is 18.2 Å². The molecule has 0 aromatic heterocycles. The number of nitrogens with one attached hydrogen (secondary N) is 2. The minimum Gasteiger partial charge on any atom is -0.491 e. The first-order valence-electron chi connectivity index (χ1n) is 9.84. The maximum atomic E-state index is 13.0. The molecule has 0 saturated carbocycles. The van der Waals surface area contributed by atoms with E-state index in [4.69, 9.17) is 9.47 Å². The monoisotopic (exact) mass is 422 g/mol. The average molecular weight is 422 g/mol. The number of hydrogen-bond donors (Lipinski definition) is 2. The Balaban J connectivity index is 1.63. The molecule has 2 amide bonds. The number of carbonyl (C=O) groups excluding carboxylic acids is 2. The van der Waals surface area contributed by atoms with Crippen LogP contribution >= 0.6 is 0 Å². The largest absolute Gasteiger partial charge is 0.491 e. The summed E-state index contributed by atoms with van der Waals surface area (Å²) in [5.74, 6) is -0.509. The molecule has 0 bridgehead atoms. The van der Waals surface area contributed by atoms with Crippen LogP contribution in [0.5, 0.6) is 5.75 Å². The van der Waals surface area contributed by atoms with Crippen LogP contribution in [0, 0.1) is 5.82 Å². The second-order valence-electron chi connectivity index (χ2n) is 6.57. The lowest BCUT2D eigenvalue weighted by atomic mass is 10.1. The Kier molecular flexibility index (Phi) is 7.73. The van der Waals surface area contributed by atoms with Crippen LogP contribution in [0.1, 0.15) is 27.6 Å². The number of carbonyl (C=O) groups is 2. The van der Waals surface area contributed by atoms with Crippen LogP contribution in [0.2, 0.25) is 0 Å². The molecule has 0 fully saturated rings. The van der Waals surface area contributed by atoms with E-state index in [2.05, 4.69) is 10.6 Å². The Labute approximate surface area is 180 Å². The molecule has 0 aliphatic rings. The van der Waals surface area contributed by atoms with Crippen molar-refractivity contribution in [1.82, 2.24) is 0 Å². The molecule has 0 unspecified atom stereocenters. The average Bonchev–Trinajstić information content (AvgIpc) is 2.78. The smallest absolute Gasteiger partial charge is 0.255 e. The number of hydrogen-bond acceptors (Lipinski definition) is 4. The Morgan fingerprint density at radius 3 is 2.16 bits per heavy atom. The molecule has 0 saturated heterocycles. The summed E-state index contributed by atoms with van der Waals surface area (Å²) >= 11 is 0. The molecule has 0 radical (unpaired) electrons. The molecule has 2 N–H and O–H groups in total. The zero-order valence-corrected chi connectivity index (χ0v) is 17.1. The molecule has 6 nitrogen and oxygen atoms in total. The standard InChI is InChI=1S/C24H23FN2O4/c1-2-30-13-14-31-22-8-4-6-18(16-22)24(29)27-21-7-3-5-17(15-21)23(28)26-20-11-9-19(25)10-12-20/h3-12,15-16H,2,13-14H2,1H3,(H,26,28)(H,27,29). The third kappa shape index (κ3) is 6.65. The molecule has 0 heterocycles. The predicted molar refractivity (Wildman–Crippen MR) is 117 cm³/mol. The number of benzene rings is 3. The normalized spacial score (nSPS) is 10.4. The number of amides is 2. The Hall–Kier alpha value is -3.71. The topological polar surface area (TPSA) is 76.7 Å². The summed E-state index contributed by atoms with van der Waals surface area (Å²) in [6.45, 7) is 3.39. The van der Waals surface area contributed by atoms with Crippen LogP contribution in [-0.2, 0) is 4.74 Å². The maximum Gasteiger partial charge on any atom is 0.255 e. The van der Waals surface area contributed by atoms with E-state index in [9.17, 15) is 14.0 Å². The van der Waals surface area contributed by atoms with Crippen LogP contribution in [-0.4, -0.2) is 31.6 Å². The van der Waals surface area contributed by atoms with Gasteiger partial charge in [0.2, 0.25) is 0 Å². The summed E-state index contributed by atoms with van der Waals surface area (Å²) in [5.41, 5.74) is 1.73. The van der Waals surface area contributed by atoms with Gasteiger partial charge in [-0.3, -0.25) is 9.59 Å². The Bertz CT molecular complexity index is 1040. The highest BCUT2D eigenvalue weighted by Crippen LogP contribution is 2.17. The van der Waals surface area contributed by atoms with Crippen molar-refractivity contribution < 1.29 is 23.5 Å². The van der Waals surface area contributed by atoms with Crippen LogP contribution in [0.3, 0.4) is 0 Å². The highest BCUT2D eigenvalue weighted by molar-refractivity contribution is 6.07. The third-order valence-electron chi connectivity index (χ3n) is 4.28. The van der Waals surface area contributed by atoms with Crippen molar-refractivity contribution in [2.24, 2.45) is 0 Å². The second-order valence-corrected chi connectivity index (χ2v) is 6.57. The predicted octanol–water partition coefficient (Wildman–Crippen LogP) is 4.75. The molecular formula is C24H23FN2O4. The van der Waals surface area contributed by atoms with Gasteiger partial charge in [0.25, 0.3) is 11.8 Å². The van der Waals surface area contributed by atoms with Gasteiger partial charge in [0.05, 0.1) is 6.61 Å². The van der Waals surface area contributed by atoms with Gasteiger partial charge in [-0.05, 0) is 67.6 Å². The molecule has 0 spiro atoms. The number of ether oxygens (including phenoxy) is 2. The quantitative estimate of drug-likeness (QED) is 0.488. The summed E-state index contributed by atoms with van der Waals surface area (Å²) in [7, 11) is 0. The molecular weight excluding hydrogens is 399 g/mol. The molecule has 3 aromatic carbocycles. The highest BCUT2D eigenvalue weighted by Gasteiger charge is 2.11. The van der Waals surface area contributed by atoms with Gasteiger partial charge in [-0.1, -0.05) is 12.1 Å². The van der Waals surface area contributed by atoms with Crippen molar-refractivity contribution in [3.8, 4) is 5.75 Å². The summed E-state index contributed by atoms with van der Waals surface area (Å²) in [6, 6.07) is 18.9. The van der Waals surface area contributed by atoms with E-state index < -0.39 is 0 Å². The van der Waals surface area contributed by atoms with Crippen molar-refractivity contribution in [2.75, 3.05) is 30.5 Å². The first kappa shape index (κ1) is 22.0. The van der Waals surface area contributed by atoms with Gasteiger partial charge in [0.15, 0.2) is 0 Å². The van der Waals surface area contributed by atoms with Crippen LogP contribution in [0.4, 0.5) is 15.8 Å². The Morgan fingerprint density at radius 2 is 1.45 bits per heavy atom. The lowest BCUT2D eigenvalue weighted by Gasteiger charge is -2.10. The molecule has 0 atom stereocenters. The highest BCUT2D eigenvalue weighted by atomic mass is 19.1.